The molecule has 0 radical (unpaired) electrons. The number of nitrogens with zero attached hydrogens (tertiary/aromatic N) is 1. The van der Waals surface area contributed by atoms with E-state index in [2.05, 4.69) is 0 Å². The SMILES string of the molecule is O=c1cc(-c2ccccc2)sc(=O)n1Cc1cccc(Cl)c1. The minimum atomic E-state index is -0.303. The molecule has 0 N–H and O–H groups in total. The molecule has 3 rings (SSSR count). The van der Waals surface area contributed by atoms with Crippen LogP contribution in [0.2, 0.25) is 5.02 Å². The van der Waals surface area contributed by atoms with Crippen molar-refractivity contribution >= 4 is 22.9 Å². The van der Waals surface area contributed by atoms with E-state index < -0.39 is 0 Å². The third-order valence-electron chi connectivity index (χ3n) is 3.23. The molecular formula is C17H12ClNO2S. The van der Waals surface area contributed by atoms with Crippen LogP contribution in [0.1, 0.15) is 5.56 Å². The summed E-state index contributed by atoms with van der Waals surface area (Å²) >= 11 is 7.00. The Balaban J connectivity index is 2.01. The second kappa shape index (κ2) is 6.30. The summed E-state index contributed by atoms with van der Waals surface area (Å²) in [4.78, 5) is 24.9. The average molecular weight is 330 g/mol. The van der Waals surface area contributed by atoms with Gasteiger partial charge in [0.15, 0.2) is 0 Å². The van der Waals surface area contributed by atoms with E-state index in [1.807, 2.05) is 36.4 Å². The van der Waals surface area contributed by atoms with Gasteiger partial charge in [0.05, 0.1) is 6.54 Å². The van der Waals surface area contributed by atoms with E-state index in [0.29, 0.717) is 9.90 Å². The van der Waals surface area contributed by atoms with Crippen molar-refractivity contribution in [3.05, 3.63) is 91.3 Å². The molecule has 110 valence electrons. The molecule has 0 aliphatic rings. The topological polar surface area (TPSA) is 39.1 Å². The van der Waals surface area contributed by atoms with Crippen LogP contribution in [0.5, 0.6) is 0 Å². The number of benzene rings is 2. The number of aromatic nitrogens is 1. The molecule has 0 spiro atoms. The van der Waals surface area contributed by atoms with Crippen molar-refractivity contribution in [3.8, 4) is 10.4 Å². The summed E-state index contributed by atoms with van der Waals surface area (Å²) in [6.07, 6.45) is 0. The van der Waals surface area contributed by atoms with Gasteiger partial charge in [0.1, 0.15) is 0 Å². The molecule has 3 nitrogen and oxygen atoms in total. The molecule has 0 atom stereocenters. The van der Waals surface area contributed by atoms with Crippen LogP contribution in [0.15, 0.2) is 70.3 Å². The molecule has 0 saturated carbocycles. The minimum Gasteiger partial charge on any atom is -0.269 e. The molecule has 1 aromatic heterocycles. The van der Waals surface area contributed by atoms with Gasteiger partial charge in [-0.25, -0.2) is 0 Å². The lowest BCUT2D eigenvalue weighted by molar-refractivity contribution is 0.746. The van der Waals surface area contributed by atoms with E-state index in [1.54, 1.807) is 18.2 Å². The third-order valence-corrected chi connectivity index (χ3v) is 4.43. The van der Waals surface area contributed by atoms with Crippen LogP contribution in [0.25, 0.3) is 10.4 Å². The standard InChI is InChI=1S/C17H12ClNO2S/c18-14-8-4-5-12(9-14)11-19-16(20)10-15(22-17(19)21)13-6-2-1-3-7-13/h1-10H,11H2. The lowest BCUT2D eigenvalue weighted by Gasteiger charge is -2.06. The summed E-state index contributed by atoms with van der Waals surface area (Å²) in [5, 5.41) is 0.586. The fourth-order valence-corrected chi connectivity index (χ4v) is 3.24. The van der Waals surface area contributed by atoms with E-state index >= 15 is 0 Å². The third kappa shape index (κ3) is 3.18. The van der Waals surface area contributed by atoms with E-state index in [4.69, 9.17) is 11.6 Å². The van der Waals surface area contributed by atoms with Crippen molar-refractivity contribution in [3.63, 3.8) is 0 Å². The van der Waals surface area contributed by atoms with Gasteiger partial charge in [-0.1, -0.05) is 65.4 Å². The van der Waals surface area contributed by atoms with Crippen LogP contribution in [0.3, 0.4) is 0 Å². The molecule has 0 unspecified atom stereocenters. The van der Waals surface area contributed by atoms with Crippen LogP contribution in [-0.4, -0.2) is 4.57 Å². The zero-order valence-electron chi connectivity index (χ0n) is 11.5. The Bertz CT molecular complexity index is 884. The van der Waals surface area contributed by atoms with Gasteiger partial charge in [-0.3, -0.25) is 14.2 Å². The van der Waals surface area contributed by atoms with Gasteiger partial charge in [-0.2, -0.15) is 0 Å². The lowest BCUT2D eigenvalue weighted by atomic mass is 10.2. The van der Waals surface area contributed by atoms with Gasteiger partial charge < -0.3 is 0 Å². The Hall–Kier alpha value is -2.17. The van der Waals surface area contributed by atoms with Crippen LogP contribution in [0.4, 0.5) is 0 Å². The lowest BCUT2D eigenvalue weighted by Crippen LogP contribution is -2.30. The highest BCUT2D eigenvalue weighted by molar-refractivity contribution is 7.12. The first kappa shape index (κ1) is 14.8. The van der Waals surface area contributed by atoms with Gasteiger partial charge in [0, 0.05) is 16.0 Å². The van der Waals surface area contributed by atoms with Gasteiger partial charge >= 0.3 is 4.87 Å². The molecule has 0 saturated heterocycles. The summed E-state index contributed by atoms with van der Waals surface area (Å²) in [6, 6.07) is 18.1. The maximum Gasteiger partial charge on any atom is 0.310 e. The summed E-state index contributed by atoms with van der Waals surface area (Å²) < 4.78 is 1.22. The smallest absolute Gasteiger partial charge is 0.269 e. The molecule has 5 heteroatoms. The molecule has 0 aliphatic heterocycles. The number of hydrogen-bond donors (Lipinski definition) is 0. The maximum absolute atomic E-state index is 12.3. The maximum atomic E-state index is 12.3. The first-order chi connectivity index (χ1) is 10.6. The normalized spacial score (nSPS) is 10.6. The number of hydrogen-bond acceptors (Lipinski definition) is 3. The summed E-state index contributed by atoms with van der Waals surface area (Å²) in [6.45, 7) is 0.226. The van der Waals surface area contributed by atoms with Crippen molar-refractivity contribution in [2.75, 3.05) is 0 Å². The minimum absolute atomic E-state index is 0.226. The Kier molecular flexibility index (Phi) is 4.22. The highest BCUT2D eigenvalue weighted by Crippen LogP contribution is 2.19. The fourth-order valence-electron chi connectivity index (χ4n) is 2.16. The van der Waals surface area contributed by atoms with Crippen molar-refractivity contribution in [2.45, 2.75) is 6.54 Å². The molecule has 2 aromatic carbocycles. The second-order valence-electron chi connectivity index (χ2n) is 4.80. The van der Waals surface area contributed by atoms with Gasteiger partial charge in [0.2, 0.25) is 0 Å². The van der Waals surface area contributed by atoms with E-state index in [0.717, 1.165) is 22.5 Å². The number of rotatable bonds is 3. The molecular weight excluding hydrogens is 318 g/mol. The highest BCUT2D eigenvalue weighted by atomic mass is 35.5. The van der Waals surface area contributed by atoms with Crippen molar-refractivity contribution < 1.29 is 0 Å². The quantitative estimate of drug-likeness (QED) is 0.736. The van der Waals surface area contributed by atoms with Crippen LogP contribution < -0.4 is 10.4 Å². The zero-order chi connectivity index (χ0) is 15.5. The molecule has 0 fully saturated rings. The first-order valence-electron chi connectivity index (χ1n) is 6.68. The van der Waals surface area contributed by atoms with Crippen LogP contribution in [0, 0.1) is 0 Å². The van der Waals surface area contributed by atoms with Crippen molar-refractivity contribution in [1.82, 2.24) is 4.57 Å². The monoisotopic (exact) mass is 329 g/mol. The number of halogens is 1. The van der Waals surface area contributed by atoms with Crippen molar-refractivity contribution in [2.24, 2.45) is 0 Å². The summed E-state index contributed by atoms with van der Waals surface area (Å²) in [5.41, 5.74) is 1.39. The van der Waals surface area contributed by atoms with E-state index in [1.165, 1.54) is 10.6 Å². The Morgan fingerprint density at radius 1 is 0.955 bits per heavy atom. The molecule has 3 aromatic rings. The Morgan fingerprint density at radius 2 is 1.73 bits per heavy atom. The predicted octanol–water partition coefficient (Wildman–Crippen LogP) is 3.64. The van der Waals surface area contributed by atoms with Crippen LogP contribution >= 0.6 is 22.9 Å². The largest absolute Gasteiger partial charge is 0.310 e. The predicted molar refractivity (Wildman–Crippen MR) is 90.8 cm³/mol. The molecule has 0 aliphatic carbocycles. The Morgan fingerprint density at radius 3 is 2.41 bits per heavy atom. The van der Waals surface area contributed by atoms with Crippen molar-refractivity contribution in [1.29, 1.82) is 0 Å². The van der Waals surface area contributed by atoms with E-state index in [9.17, 15) is 9.59 Å². The van der Waals surface area contributed by atoms with Gasteiger partial charge in [0.25, 0.3) is 5.56 Å². The summed E-state index contributed by atoms with van der Waals surface area (Å²) in [7, 11) is 0. The summed E-state index contributed by atoms with van der Waals surface area (Å²) in [5.74, 6) is 0. The fraction of sp³-hybridized carbons (Fsp3) is 0.0588. The molecule has 1 heterocycles. The first-order valence-corrected chi connectivity index (χ1v) is 7.88. The Labute approximate surface area is 136 Å². The molecule has 22 heavy (non-hydrogen) atoms. The van der Waals surface area contributed by atoms with E-state index in [-0.39, 0.29) is 17.0 Å². The van der Waals surface area contributed by atoms with Gasteiger partial charge in [-0.05, 0) is 23.3 Å². The average Bonchev–Trinajstić information content (AvgIpc) is 2.52. The van der Waals surface area contributed by atoms with Crippen LogP contribution in [-0.2, 0) is 6.54 Å². The zero-order valence-corrected chi connectivity index (χ0v) is 13.1. The van der Waals surface area contributed by atoms with Gasteiger partial charge in [-0.15, -0.1) is 0 Å². The molecule has 0 amide bonds. The molecule has 0 bridgehead atoms. The highest BCUT2D eigenvalue weighted by Gasteiger charge is 2.08. The second-order valence-corrected chi connectivity index (χ2v) is 6.23.